The number of hydrogen-bond donors (Lipinski definition) is 1. The fraction of sp³-hybridized carbons (Fsp3) is 0.350. The second-order valence-electron chi connectivity index (χ2n) is 6.47. The Morgan fingerprint density at radius 3 is 2.62 bits per heavy atom. The maximum atomic E-state index is 13.0. The monoisotopic (exact) mass is 326 g/mol. The molecule has 0 saturated carbocycles. The standard InChI is InChI=1S/C20H23FN2O/c1-15(16-7-9-19(21)10-8-16)22-20(24)14-23-12-11-18(13-23)17-5-3-2-4-6-17/h2-10,15,18H,11-14H2,1H3,(H,22,24)/t15-,18-/m1/s1. The molecular weight excluding hydrogens is 303 g/mol. The van der Waals surface area contributed by atoms with E-state index in [4.69, 9.17) is 0 Å². The van der Waals surface area contributed by atoms with Crippen LogP contribution in [0.3, 0.4) is 0 Å². The van der Waals surface area contributed by atoms with Gasteiger partial charge in [-0.15, -0.1) is 0 Å². The van der Waals surface area contributed by atoms with Crippen LogP contribution in [-0.4, -0.2) is 30.4 Å². The molecule has 126 valence electrons. The fourth-order valence-corrected chi connectivity index (χ4v) is 3.30. The first-order valence-electron chi connectivity index (χ1n) is 8.44. The fourth-order valence-electron chi connectivity index (χ4n) is 3.30. The summed E-state index contributed by atoms with van der Waals surface area (Å²) >= 11 is 0. The van der Waals surface area contributed by atoms with Gasteiger partial charge in [0.15, 0.2) is 0 Å². The van der Waals surface area contributed by atoms with E-state index in [2.05, 4.69) is 34.5 Å². The largest absolute Gasteiger partial charge is 0.348 e. The molecule has 0 aromatic heterocycles. The highest BCUT2D eigenvalue weighted by atomic mass is 19.1. The molecule has 1 heterocycles. The van der Waals surface area contributed by atoms with E-state index in [1.165, 1.54) is 17.7 Å². The summed E-state index contributed by atoms with van der Waals surface area (Å²) in [6, 6.07) is 16.6. The van der Waals surface area contributed by atoms with E-state index in [1.807, 2.05) is 13.0 Å². The van der Waals surface area contributed by atoms with Crippen LogP contribution < -0.4 is 5.32 Å². The Bertz CT molecular complexity index is 672. The Balaban J connectivity index is 1.49. The molecule has 1 aliphatic heterocycles. The van der Waals surface area contributed by atoms with Gasteiger partial charge in [0, 0.05) is 6.54 Å². The highest BCUT2D eigenvalue weighted by Gasteiger charge is 2.25. The summed E-state index contributed by atoms with van der Waals surface area (Å²) in [7, 11) is 0. The normalized spacial score (nSPS) is 19.2. The zero-order chi connectivity index (χ0) is 16.9. The minimum absolute atomic E-state index is 0.0144. The van der Waals surface area contributed by atoms with Crippen LogP contribution in [0.2, 0.25) is 0 Å². The predicted molar refractivity (Wildman–Crippen MR) is 93.2 cm³/mol. The third-order valence-electron chi connectivity index (χ3n) is 4.66. The van der Waals surface area contributed by atoms with E-state index in [0.717, 1.165) is 25.1 Å². The van der Waals surface area contributed by atoms with Gasteiger partial charge < -0.3 is 5.32 Å². The average molecular weight is 326 g/mol. The highest BCUT2D eigenvalue weighted by molar-refractivity contribution is 5.78. The molecule has 24 heavy (non-hydrogen) atoms. The highest BCUT2D eigenvalue weighted by Crippen LogP contribution is 2.26. The summed E-state index contributed by atoms with van der Waals surface area (Å²) in [5, 5.41) is 2.99. The van der Waals surface area contributed by atoms with Crippen molar-refractivity contribution in [2.24, 2.45) is 0 Å². The van der Waals surface area contributed by atoms with E-state index in [-0.39, 0.29) is 17.8 Å². The summed E-state index contributed by atoms with van der Waals surface area (Å²) in [5.74, 6) is 0.260. The number of nitrogens with zero attached hydrogens (tertiary/aromatic N) is 1. The molecule has 4 heteroatoms. The maximum absolute atomic E-state index is 13.0. The molecule has 0 aliphatic carbocycles. The van der Waals surface area contributed by atoms with Crippen molar-refractivity contribution in [2.45, 2.75) is 25.3 Å². The molecule has 1 aliphatic rings. The number of carbonyl (C=O) groups excluding carboxylic acids is 1. The summed E-state index contributed by atoms with van der Waals surface area (Å²) < 4.78 is 13.0. The van der Waals surface area contributed by atoms with Gasteiger partial charge >= 0.3 is 0 Å². The van der Waals surface area contributed by atoms with Crippen LogP contribution in [0.5, 0.6) is 0 Å². The van der Waals surface area contributed by atoms with Crippen molar-refractivity contribution < 1.29 is 9.18 Å². The maximum Gasteiger partial charge on any atom is 0.234 e. The Hall–Kier alpha value is -2.20. The molecule has 0 spiro atoms. The molecule has 3 nitrogen and oxygen atoms in total. The van der Waals surface area contributed by atoms with Gasteiger partial charge in [-0.3, -0.25) is 9.69 Å². The molecule has 0 bridgehead atoms. The number of amides is 1. The number of likely N-dealkylation sites (tertiary alicyclic amines) is 1. The molecule has 1 fully saturated rings. The molecule has 1 N–H and O–H groups in total. The van der Waals surface area contributed by atoms with Crippen molar-refractivity contribution in [2.75, 3.05) is 19.6 Å². The van der Waals surface area contributed by atoms with Crippen LogP contribution in [0.1, 0.15) is 36.4 Å². The molecule has 2 aromatic carbocycles. The molecule has 2 aromatic rings. The number of benzene rings is 2. The number of halogens is 1. The second kappa shape index (κ2) is 7.58. The quantitative estimate of drug-likeness (QED) is 0.912. The Labute approximate surface area is 142 Å². The topological polar surface area (TPSA) is 32.3 Å². The lowest BCUT2D eigenvalue weighted by atomic mass is 9.99. The lowest BCUT2D eigenvalue weighted by molar-refractivity contribution is -0.122. The first kappa shape index (κ1) is 16.7. The zero-order valence-corrected chi connectivity index (χ0v) is 13.9. The van der Waals surface area contributed by atoms with Crippen LogP contribution in [0.25, 0.3) is 0 Å². The van der Waals surface area contributed by atoms with Gasteiger partial charge in [0.1, 0.15) is 5.82 Å². The minimum Gasteiger partial charge on any atom is -0.348 e. The third-order valence-corrected chi connectivity index (χ3v) is 4.66. The predicted octanol–water partition coefficient (Wildman–Crippen LogP) is 3.49. The van der Waals surface area contributed by atoms with Crippen LogP contribution >= 0.6 is 0 Å². The van der Waals surface area contributed by atoms with Crippen molar-refractivity contribution in [3.63, 3.8) is 0 Å². The Kier molecular flexibility index (Phi) is 5.26. The van der Waals surface area contributed by atoms with Gasteiger partial charge in [-0.05, 0) is 49.1 Å². The number of carbonyl (C=O) groups is 1. The summed E-state index contributed by atoms with van der Waals surface area (Å²) in [6.07, 6.45) is 1.09. The van der Waals surface area contributed by atoms with Crippen molar-refractivity contribution in [1.29, 1.82) is 0 Å². The lowest BCUT2D eigenvalue weighted by Gasteiger charge is -2.19. The Morgan fingerprint density at radius 2 is 1.92 bits per heavy atom. The number of rotatable bonds is 5. The van der Waals surface area contributed by atoms with Gasteiger partial charge in [-0.1, -0.05) is 42.5 Å². The molecule has 3 rings (SSSR count). The van der Waals surface area contributed by atoms with Gasteiger partial charge in [0.25, 0.3) is 0 Å². The van der Waals surface area contributed by atoms with Crippen LogP contribution in [-0.2, 0) is 4.79 Å². The summed E-state index contributed by atoms with van der Waals surface area (Å²) in [4.78, 5) is 14.5. The van der Waals surface area contributed by atoms with Gasteiger partial charge in [-0.2, -0.15) is 0 Å². The van der Waals surface area contributed by atoms with Crippen molar-refractivity contribution in [1.82, 2.24) is 10.2 Å². The smallest absolute Gasteiger partial charge is 0.234 e. The third kappa shape index (κ3) is 4.20. The van der Waals surface area contributed by atoms with E-state index >= 15 is 0 Å². The molecule has 1 amide bonds. The number of nitrogens with one attached hydrogen (secondary N) is 1. The van der Waals surface area contributed by atoms with Crippen LogP contribution in [0, 0.1) is 5.82 Å². The summed E-state index contributed by atoms with van der Waals surface area (Å²) in [5.41, 5.74) is 2.26. The number of hydrogen-bond acceptors (Lipinski definition) is 2. The first-order valence-corrected chi connectivity index (χ1v) is 8.44. The molecule has 1 saturated heterocycles. The molecule has 2 atom stereocenters. The van der Waals surface area contributed by atoms with Gasteiger partial charge in [0.05, 0.1) is 12.6 Å². The van der Waals surface area contributed by atoms with Crippen molar-refractivity contribution in [3.05, 3.63) is 71.5 Å². The van der Waals surface area contributed by atoms with Crippen LogP contribution in [0.15, 0.2) is 54.6 Å². The Morgan fingerprint density at radius 1 is 1.21 bits per heavy atom. The van der Waals surface area contributed by atoms with E-state index in [9.17, 15) is 9.18 Å². The lowest BCUT2D eigenvalue weighted by Crippen LogP contribution is -2.37. The average Bonchev–Trinajstić information content (AvgIpc) is 3.04. The SMILES string of the molecule is C[C@@H](NC(=O)CN1CC[C@@H](c2ccccc2)C1)c1ccc(F)cc1. The summed E-state index contributed by atoms with van der Waals surface area (Å²) in [6.45, 7) is 4.19. The van der Waals surface area contributed by atoms with E-state index in [0.29, 0.717) is 12.5 Å². The van der Waals surface area contributed by atoms with E-state index in [1.54, 1.807) is 12.1 Å². The zero-order valence-electron chi connectivity index (χ0n) is 13.9. The van der Waals surface area contributed by atoms with Gasteiger partial charge in [-0.25, -0.2) is 4.39 Å². The van der Waals surface area contributed by atoms with Gasteiger partial charge in [0.2, 0.25) is 5.91 Å². The van der Waals surface area contributed by atoms with E-state index < -0.39 is 0 Å². The van der Waals surface area contributed by atoms with Crippen molar-refractivity contribution >= 4 is 5.91 Å². The second-order valence-corrected chi connectivity index (χ2v) is 6.47. The van der Waals surface area contributed by atoms with Crippen LogP contribution in [0.4, 0.5) is 4.39 Å². The van der Waals surface area contributed by atoms with Crippen molar-refractivity contribution in [3.8, 4) is 0 Å². The minimum atomic E-state index is -0.263. The molecule has 0 unspecified atom stereocenters. The first-order chi connectivity index (χ1) is 11.6. The molecular formula is C20H23FN2O. The molecule has 0 radical (unpaired) electrons.